The van der Waals surface area contributed by atoms with Gasteiger partial charge < -0.3 is 4.57 Å². The standard InChI is InChI=1S/C20H16N2O2S/c1-12-9-16(11-18-19(23)21-20(24)25-18)13(2)22(12)17-8-7-14-5-3-4-6-15(14)10-17/h3-11H,1-2H3,(H,21,23,24)/b18-11-. The van der Waals surface area contributed by atoms with Gasteiger partial charge in [0.2, 0.25) is 0 Å². The first-order chi connectivity index (χ1) is 12.0. The minimum Gasteiger partial charge on any atom is -0.318 e. The Morgan fingerprint density at radius 1 is 1.00 bits per heavy atom. The van der Waals surface area contributed by atoms with Gasteiger partial charge >= 0.3 is 0 Å². The summed E-state index contributed by atoms with van der Waals surface area (Å²) in [6.45, 7) is 4.06. The Balaban J connectivity index is 1.80. The lowest BCUT2D eigenvalue weighted by Crippen LogP contribution is -2.17. The molecular weight excluding hydrogens is 332 g/mol. The molecule has 0 aliphatic carbocycles. The molecule has 2 amide bonds. The number of aromatic nitrogens is 1. The van der Waals surface area contributed by atoms with E-state index in [1.165, 1.54) is 10.8 Å². The Labute approximate surface area is 149 Å². The maximum Gasteiger partial charge on any atom is 0.290 e. The van der Waals surface area contributed by atoms with Gasteiger partial charge in [0.05, 0.1) is 4.91 Å². The first-order valence-electron chi connectivity index (χ1n) is 7.96. The molecule has 1 aromatic heterocycles. The van der Waals surface area contributed by atoms with Crippen molar-refractivity contribution in [3.63, 3.8) is 0 Å². The van der Waals surface area contributed by atoms with E-state index in [-0.39, 0.29) is 11.1 Å². The second-order valence-corrected chi connectivity index (χ2v) is 7.06. The number of carbonyl (C=O) groups excluding carboxylic acids is 2. The molecule has 1 saturated heterocycles. The number of hydrogen-bond acceptors (Lipinski definition) is 3. The van der Waals surface area contributed by atoms with Crippen LogP contribution in [0.3, 0.4) is 0 Å². The van der Waals surface area contributed by atoms with Gasteiger partial charge in [-0.25, -0.2) is 0 Å². The van der Waals surface area contributed by atoms with Crippen molar-refractivity contribution < 1.29 is 9.59 Å². The van der Waals surface area contributed by atoms with Crippen molar-refractivity contribution in [1.29, 1.82) is 0 Å². The van der Waals surface area contributed by atoms with E-state index in [1.54, 1.807) is 6.08 Å². The molecule has 0 unspecified atom stereocenters. The molecule has 2 heterocycles. The zero-order valence-corrected chi connectivity index (χ0v) is 14.7. The quantitative estimate of drug-likeness (QED) is 0.690. The van der Waals surface area contributed by atoms with Gasteiger partial charge in [-0.1, -0.05) is 30.3 Å². The van der Waals surface area contributed by atoms with E-state index in [0.717, 1.165) is 34.4 Å². The molecule has 1 fully saturated rings. The van der Waals surface area contributed by atoms with Crippen molar-refractivity contribution in [3.8, 4) is 5.69 Å². The highest BCUT2D eigenvalue weighted by atomic mass is 32.2. The van der Waals surface area contributed by atoms with E-state index in [2.05, 4.69) is 40.2 Å². The molecule has 5 heteroatoms. The molecular formula is C20H16N2O2S. The van der Waals surface area contributed by atoms with Gasteiger partial charge in [-0.2, -0.15) is 0 Å². The lowest BCUT2D eigenvalue weighted by Gasteiger charge is -2.11. The molecule has 4 rings (SSSR count). The lowest BCUT2D eigenvalue weighted by atomic mass is 10.1. The molecule has 1 aliphatic rings. The van der Waals surface area contributed by atoms with E-state index >= 15 is 0 Å². The summed E-state index contributed by atoms with van der Waals surface area (Å²) in [5.41, 5.74) is 4.14. The van der Waals surface area contributed by atoms with Crippen LogP contribution < -0.4 is 5.32 Å². The van der Waals surface area contributed by atoms with Gasteiger partial charge in [-0.3, -0.25) is 14.9 Å². The first kappa shape index (κ1) is 15.7. The molecule has 1 aliphatic heterocycles. The minimum atomic E-state index is -0.328. The molecule has 0 atom stereocenters. The monoisotopic (exact) mass is 348 g/mol. The van der Waals surface area contributed by atoms with Crippen molar-refractivity contribution in [2.24, 2.45) is 0 Å². The maximum absolute atomic E-state index is 11.8. The summed E-state index contributed by atoms with van der Waals surface area (Å²) in [6, 6.07) is 16.7. The van der Waals surface area contributed by atoms with Crippen LogP contribution in [0.15, 0.2) is 53.4 Å². The summed E-state index contributed by atoms with van der Waals surface area (Å²) >= 11 is 0.942. The zero-order valence-electron chi connectivity index (χ0n) is 13.9. The van der Waals surface area contributed by atoms with Crippen LogP contribution in [0.4, 0.5) is 4.79 Å². The van der Waals surface area contributed by atoms with E-state index in [9.17, 15) is 9.59 Å². The van der Waals surface area contributed by atoms with Gasteiger partial charge in [0.1, 0.15) is 0 Å². The van der Waals surface area contributed by atoms with E-state index in [4.69, 9.17) is 0 Å². The summed E-state index contributed by atoms with van der Waals surface area (Å²) in [6.07, 6.45) is 1.78. The fourth-order valence-electron chi connectivity index (χ4n) is 3.21. The fraction of sp³-hybridized carbons (Fsp3) is 0.100. The second-order valence-electron chi connectivity index (χ2n) is 6.05. The smallest absolute Gasteiger partial charge is 0.290 e. The number of nitrogens with one attached hydrogen (secondary N) is 1. The molecule has 0 saturated carbocycles. The van der Waals surface area contributed by atoms with Crippen molar-refractivity contribution in [3.05, 3.63) is 70.4 Å². The van der Waals surface area contributed by atoms with Gasteiger partial charge in [0.25, 0.3) is 11.1 Å². The van der Waals surface area contributed by atoms with Crippen LogP contribution in [0.1, 0.15) is 17.0 Å². The van der Waals surface area contributed by atoms with Crippen LogP contribution in [0.5, 0.6) is 0 Å². The molecule has 25 heavy (non-hydrogen) atoms. The number of thioether (sulfide) groups is 1. The van der Waals surface area contributed by atoms with E-state index in [1.807, 2.05) is 32.0 Å². The molecule has 3 aromatic rings. The van der Waals surface area contributed by atoms with Gasteiger partial charge in [0.15, 0.2) is 0 Å². The van der Waals surface area contributed by atoms with Crippen LogP contribution in [0.25, 0.3) is 22.5 Å². The Morgan fingerprint density at radius 2 is 1.76 bits per heavy atom. The number of nitrogens with zero attached hydrogens (tertiary/aromatic N) is 1. The Hall–Kier alpha value is -2.79. The molecule has 124 valence electrons. The average Bonchev–Trinajstić information content (AvgIpc) is 3.05. The third-order valence-corrected chi connectivity index (χ3v) is 5.20. The average molecular weight is 348 g/mol. The highest BCUT2D eigenvalue weighted by Crippen LogP contribution is 2.29. The largest absolute Gasteiger partial charge is 0.318 e. The van der Waals surface area contributed by atoms with Gasteiger partial charge in [0, 0.05) is 17.1 Å². The summed E-state index contributed by atoms with van der Waals surface area (Å²) in [4.78, 5) is 23.6. The fourth-order valence-corrected chi connectivity index (χ4v) is 3.88. The van der Waals surface area contributed by atoms with Crippen molar-refractivity contribution in [2.45, 2.75) is 13.8 Å². The number of aryl methyl sites for hydroxylation is 1. The van der Waals surface area contributed by atoms with Crippen LogP contribution >= 0.6 is 11.8 Å². The van der Waals surface area contributed by atoms with Crippen LogP contribution in [0.2, 0.25) is 0 Å². The Bertz CT molecular complexity index is 1060. The Kier molecular flexibility index (Phi) is 3.73. The molecule has 0 spiro atoms. The second kappa shape index (κ2) is 5.93. The number of amides is 2. The minimum absolute atomic E-state index is 0.320. The van der Waals surface area contributed by atoms with Crippen LogP contribution in [-0.4, -0.2) is 15.7 Å². The molecule has 0 radical (unpaired) electrons. The van der Waals surface area contributed by atoms with Crippen molar-refractivity contribution >= 4 is 39.8 Å². The first-order valence-corrected chi connectivity index (χ1v) is 8.77. The zero-order chi connectivity index (χ0) is 17.6. The number of rotatable bonds is 2. The third kappa shape index (κ3) is 2.76. The topological polar surface area (TPSA) is 51.1 Å². The number of carbonyl (C=O) groups is 2. The maximum atomic E-state index is 11.8. The van der Waals surface area contributed by atoms with E-state index in [0.29, 0.717) is 4.91 Å². The SMILES string of the molecule is Cc1cc(/C=C2\SC(=O)NC2=O)c(C)n1-c1ccc2ccccc2c1. The summed E-state index contributed by atoms with van der Waals surface area (Å²) in [5.74, 6) is -0.328. The molecule has 4 nitrogen and oxygen atoms in total. The summed E-state index contributed by atoms with van der Waals surface area (Å²) in [7, 11) is 0. The molecule has 0 bridgehead atoms. The number of hydrogen-bond donors (Lipinski definition) is 1. The normalized spacial score (nSPS) is 16.0. The molecule has 2 aromatic carbocycles. The number of imide groups is 1. The number of benzene rings is 2. The van der Waals surface area contributed by atoms with Gasteiger partial charge in [-0.05, 0) is 66.2 Å². The third-order valence-electron chi connectivity index (χ3n) is 4.39. The van der Waals surface area contributed by atoms with Crippen LogP contribution in [-0.2, 0) is 4.79 Å². The van der Waals surface area contributed by atoms with E-state index < -0.39 is 0 Å². The van der Waals surface area contributed by atoms with Crippen molar-refractivity contribution in [1.82, 2.24) is 9.88 Å². The summed E-state index contributed by atoms with van der Waals surface area (Å²) < 4.78 is 2.16. The van der Waals surface area contributed by atoms with Crippen LogP contribution in [0, 0.1) is 13.8 Å². The number of fused-ring (bicyclic) bond motifs is 1. The predicted octanol–water partition coefficient (Wildman–Crippen LogP) is 4.57. The highest BCUT2D eigenvalue weighted by Gasteiger charge is 2.25. The molecule has 1 N–H and O–H groups in total. The highest BCUT2D eigenvalue weighted by molar-refractivity contribution is 8.18. The van der Waals surface area contributed by atoms with Crippen molar-refractivity contribution in [2.75, 3.05) is 0 Å². The summed E-state index contributed by atoms with van der Waals surface area (Å²) in [5, 5.41) is 4.36. The van der Waals surface area contributed by atoms with Gasteiger partial charge in [-0.15, -0.1) is 0 Å². The Morgan fingerprint density at radius 3 is 2.48 bits per heavy atom. The predicted molar refractivity (Wildman–Crippen MR) is 102 cm³/mol. The lowest BCUT2D eigenvalue weighted by molar-refractivity contribution is -0.115.